The molecule has 0 unspecified atom stereocenters. The molecule has 3 rings (SSSR count). The zero-order valence-electron chi connectivity index (χ0n) is 12.2. The molecular formula is C16H11F3N4O. The zero-order valence-corrected chi connectivity index (χ0v) is 12.2. The Labute approximate surface area is 134 Å². The Hall–Kier alpha value is -3.16. The summed E-state index contributed by atoms with van der Waals surface area (Å²) in [6.45, 7) is 0.458. The summed E-state index contributed by atoms with van der Waals surface area (Å²) in [5.41, 5.74) is 0.181. The van der Waals surface area contributed by atoms with Gasteiger partial charge in [-0.2, -0.15) is 0 Å². The van der Waals surface area contributed by atoms with E-state index in [1.54, 1.807) is 28.8 Å². The number of hydrogen-bond acceptors (Lipinski definition) is 3. The van der Waals surface area contributed by atoms with E-state index >= 15 is 0 Å². The molecule has 3 aromatic rings. The van der Waals surface area contributed by atoms with Gasteiger partial charge in [0.2, 0.25) is 0 Å². The fraction of sp³-hybridized carbons (Fsp3) is 0.0625. The number of carbonyl (C=O) groups is 1. The van der Waals surface area contributed by atoms with Crippen molar-refractivity contribution in [2.24, 2.45) is 0 Å². The van der Waals surface area contributed by atoms with E-state index in [9.17, 15) is 18.0 Å². The minimum absolute atomic E-state index is 0.327. The van der Waals surface area contributed by atoms with Gasteiger partial charge < -0.3 is 9.88 Å². The topological polar surface area (TPSA) is 59.8 Å². The Morgan fingerprint density at radius 2 is 1.75 bits per heavy atom. The van der Waals surface area contributed by atoms with Crippen LogP contribution >= 0.6 is 0 Å². The largest absolute Gasteiger partial charge is 0.322 e. The molecule has 1 N–H and O–H groups in total. The highest BCUT2D eigenvalue weighted by atomic mass is 19.2. The Morgan fingerprint density at radius 1 is 1.04 bits per heavy atom. The molecule has 1 amide bonds. The highest BCUT2D eigenvalue weighted by Crippen LogP contribution is 2.19. The molecule has 2 aromatic carbocycles. The molecule has 0 aliphatic rings. The number of nitrogens with one attached hydrogen (secondary N) is 1. The van der Waals surface area contributed by atoms with E-state index in [1.807, 2.05) is 0 Å². The third-order valence-electron chi connectivity index (χ3n) is 3.29. The van der Waals surface area contributed by atoms with Crippen LogP contribution in [0.3, 0.4) is 0 Å². The first-order valence-corrected chi connectivity index (χ1v) is 6.91. The molecule has 0 saturated heterocycles. The predicted octanol–water partition coefficient (Wildman–Crippen LogP) is 3.00. The van der Waals surface area contributed by atoms with Gasteiger partial charge in [-0.1, -0.05) is 12.1 Å². The molecule has 0 bridgehead atoms. The van der Waals surface area contributed by atoms with Crippen LogP contribution < -0.4 is 5.32 Å². The van der Waals surface area contributed by atoms with Crippen molar-refractivity contribution in [1.29, 1.82) is 0 Å². The maximum Gasteiger partial charge on any atom is 0.261 e. The molecule has 0 aliphatic heterocycles. The summed E-state index contributed by atoms with van der Waals surface area (Å²) in [6.07, 6.45) is 3.06. The van der Waals surface area contributed by atoms with Crippen LogP contribution in [0.15, 0.2) is 49.1 Å². The van der Waals surface area contributed by atoms with Gasteiger partial charge in [0.1, 0.15) is 24.0 Å². The molecule has 1 heterocycles. The summed E-state index contributed by atoms with van der Waals surface area (Å²) >= 11 is 0. The summed E-state index contributed by atoms with van der Waals surface area (Å²) in [5.74, 6) is -5.01. The van der Waals surface area contributed by atoms with Gasteiger partial charge in [0, 0.05) is 5.69 Å². The Balaban J connectivity index is 1.81. The molecule has 8 heteroatoms. The lowest BCUT2D eigenvalue weighted by molar-refractivity contribution is 0.101. The van der Waals surface area contributed by atoms with Crippen molar-refractivity contribution in [3.8, 4) is 0 Å². The first kappa shape index (κ1) is 15.7. The number of amides is 1. The van der Waals surface area contributed by atoms with Gasteiger partial charge in [-0.3, -0.25) is 4.79 Å². The van der Waals surface area contributed by atoms with Crippen LogP contribution in [-0.4, -0.2) is 20.7 Å². The van der Waals surface area contributed by atoms with E-state index in [0.717, 1.165) is 5.56 Å². The molecule has 122 valence electrons. The zero-order chi connectivity index (χ0) is 17.1. The molecule has 0 saturated carbocycles. The molecule has 0 atom stereocenters. The van der Waals surface area contributed by atoms with Crippen molar-refractivity contribution in [2.45, 2.75) is 6.54 Å². The van der Waals surface area contributed by atoms with Gasteiger partial charge in [0.15, 0.2) is 11.6 Å². The van der Waals surface area contributed by atoms with Gasteiger partial charge in [-0.05, 0) is 29.8 Å². The number of nitrogens with zero attached hydrogens (tertiary/aromatic N) is 3. The average Bonchev–Trinajstić information content (AvgIpc) is 3.05. The van der Waals surface area contributed by atoms with Crippen LogP contribution in [0.5, 0.6) is 0 Å². The Morgan fingerprint density at radius 3 is 2.50 bits per heavy atom. The van der Waals surface area contributed by atoms with Gasteiger partial charge in [-0.15, -0.1) is 10.2 Å². The minimum Gasteiger partial charge on any atom is -0.322 e. The van der Waals surface area contributed by atoms with E-state index in [1.165, 1.54) is 12.7 Å². The highest BCUT2D eigenvalue weighted by molar-refractivity contribution is 6.04. The van der Waals surface area contributed by atoms with Crippen molar-refractivity contribution in [2.75, 3.05) is 5.32 Å². The number of hydrogen-bond donors (Lipinski definition) is 1. The third kappa shape index (κ3) is 3.27. The third-order valence-corrected chi connectivity index (χ3v) is 3.29. The second-order valence-corrected chi connectivity index (χ2v) is 5.01. The molecule has 0 spiro atoms. The van der Waals surface area contributed by atoms with Crippen LogP contribution in [0.25, 0.3) is 0 Å². The maximum absolute atomic E-state index is 13.7. The predicted molar refractivity (Wildman–Crippen MR) is 79.8 cm³/mol. The SMILES string of the molecule is O=C(Nc1cccc(Cn2cnnc2)c1)c1c(F)ccc(F)c1F. The van der Waals surface area contributed by atoms with Crippen molar-refractivity contribution < 1.29 is 18.0 Å². The summed E-state index contributed by atoms with van der Waals surface area (Å²) < 4.78 is 42.2. The number of anilines is 1. The molecular weight excluding hydrogens is 321 g/mol. The lowest BCUT2D eigenvalue weighted by Crippen LogP contribution is -2.17. The molecule has 24 heavy (non-hydrogen) atoms. The van der Waals surface area contributed by atoms with Gasteiger partial charge in [0.05, 0.1) is 6.54 Å². The average molecular weight is 332 g/mol. The second-order valence-electron chi connectivity index (χ2n) is 5.01. The van der Waals surface area contributed by atoms with Crippen LogP contribution in [0.1, 0.15) is 15.9 Å². The van der Waals surface area contributed by atoms with E-state index in [2.05, 4.69) is 15.5 Å². The standard InChI is InChI=1S/C16H11F3N4O/c17-12-4-5-13(18)15(19)14(12)16(24)22-11-3-1-2-10(6-11)7-23-8-20-21-9-23/h1-6,8-9H,7H2,(H,22,24). The number of benzene rings is 2. The minimum atomic E-state index is -1.52. The van der Waals surface area contributed by atoms with Gasteiger partial charge in [0.25, 0.3) is 5.91 Å². The van der Waals surface area contributed by atoms with Crippen LogP contribution in [0.4, 0.5) is 18.9 Å². The summed E-state index contributed by atoms with van der Waals surface area (Å²) in [6, 6.07) is 8.00. The number of rotatable bonds is 4. The van der Waals surface area contributed by atoms with Crippen molar-refractivity contribution in [1.82, 2.24) is 14.8 Å². The lowest BCUT2D eigenvalue weighted by atomic mass is 10.1. The normalized spacial score (nSPS) is 10.6. The number of carbonyl (C=O) groups excluding carboxylic acids is 1. The van der Waals surface area contributed by atoms with E-state index in [-0.39, 0.29) is 0 Å². The number of halogens is 3. The Kier molecular flexibility index (Phi) is 4.28. The van der Waals surface area contributed by atoms with E-state index in [4.69, 9.17) is 0 Å². The quantitative estimate of drug-likeness (QED) is 0.747. The van der Waals surface area contributed by atoms with Crippen molar-refractivity contribution in [3.05, 3.63) is 77.6 Å². The summed E-state index contributed by atoms with van der Waals surface area (Å²) in [5, 5.41) is 9.72. The fourth-order valence-corrected chi connectivity index (χ4v) is 2.19. The summed E-state index contributed by atoms with van der Waals surface area (Å²) in [7, 11) is 0. The molecule has 1 aromatic heterocycles. The van der Waals surface area contributed by atoms with Crippen LogP contribution in [0, 0.1) is 17.5 Å². The highest BCUT2D eigenvalue weighted by Gasteiger charge is 2.20. The molecule has 5 nitrogen and oxygen atoms in total. The van der Waals surface area contributed by atoms with E-state index < -0.39 is 28.9 Å². The van der Waals surface area contributed by atoms with Gasteiger partial charge in [-0.25, -0.2) is 13.2 Å². The van der Waals surface area contributed by atoms with Crippen LogP contribution in [-0.2, 0) is 6.54 Å². The summed E-state index contributed by atoms with van der Waals surface area (Å²) in [4.78, 5) is 12.1. The Bertz CT molecular complexity index is 881. The van der Waals surface area contributed by atoms with Crippen molar-refractivity contribution in [3.63, 3.8) is 0 Å². The molecule has 0 radical (unpaired) electrons. The van der Waals surface area contributed by atoms with Crippen molar-refractivity contribution >= 4 is 11.6 Å². The number of aromatic nitrogens is 3. The fourth-order valence-electron chi connectivity index (χ4n) is 2.19. The monoisotopic (exact) mass is 332 g/mol. The smallest absolute Gasteiger partial charge is 0.261 e. The first-order chi connectivity index (χ1) is 11.5. The van der Waals surface area contributed by atoms with Crippen LogP contribution in [0.2, 0.25) is 0 Å². The lowest BCUT2D eigenvalue weighted by Gasteiger charge is -2.09. The second kappa shape index (κ2) is 6.53. The first-order valence-electron chi connectivity index (χ1n) is 6.91. The molecule has 0 fully saturated rings. The van der Waals surface area contributed by atoms with Gasteiger partial charge >= 0.3 is 0 Å². The van der Waals surface area contributed by atoms with E-state index in [0.29, 0.717) is 24.4 Å². The molecule has 0 aliphatic carbocycles. The maximum atomic E-state index is 13.7.